The average molecular weight is 513 g/mol. The van der Waals surface area contributed by atoms with E-state index in [1.807, 2.05) is 0 Å². The Hall–Kier alpha value is -0.810. The molecule has 0 atom stereocenters. The Morgan fingerprint density at radius 2 is 1.56 bits per heavy atom. The molecule has 0 radical (unpaired) electrons. The van der Waals surface area contributed by atoms with E-state index in [-0.39, 0.29) is 20.2 Å². The number of aromatic nitrogens is 1. The van der Waals surface area contributed by atoms with Crippen LogP contribution in [0.4, 0.5) is 30.7 Å². The Morgan fingerprint density at radius 3 is 2.08 bits per heavy atom. The van der Waals surface area contributed by atoms with E-state index in [1.54, 1.807) is 0 Å². The number of halogens is 9. The molecule has 0 unspecified atom stereocenters. The zero-order valence-electron chi connectivity index (χ0n) is 11.7. The van der Waals surface area contributed by atoms with Gasteiger partial charge in [0.25, 0.3) is 0 Å². The molecule has 0 aliphatic heterocycles. The first-order chi connectivity index (χ1) is 11.4. The fraction of sp³-hybridized carbons (Fsp3) is 0.214. The summed E-state index contributed by atoms with van der Waals surface area (Å²) in [6, 6.07) is 6.94. The van der Waals surface area contributed by atoms with Crippen LogP contribution in [0.15, 0.2) is 50.4 Å². The summed E-state index contributed by atoms with van der Waals surface area (Å²) in [7, 11) is 0. The molecule has 0 bridgehead atoms. The first kappa shape index (κ1) is 20.5. The normalized spacial score (nSPS) is 13.2. The number of hydrogen-bond donors (Lipinski definition) is 0. The van der Waals surface area contributed by atoms with Crippen molar-refractivity contribution in [2.45, 2.75) is 22.2 Å². The summed E-state index contributed by atoms with van der Waals surface area (Å²) in [5, 5.41) is -5.42. The number of alkyl halides is 7. The van der Waals surface area contributed by atoms with Crippen LogP contribution in [0.5, 0.6) is 0 Å². The molecule has 0 fully saturated rings. The molecule has 1 aromatic heterocycles. The first-order valence-electron chi connectivity index (χ1n) is 6.28. The molecule has 1 nitrogen and oxygen atoms in total. The number of benzene rings is 1. The van der Waals surface area contributed by atoms with Crippen molar-refractivity contribution in [3.05, 3.63) is 45.5 Å². The van der Waals surface area contributed by atoms with E-state index < -0.39 is 34.0 Å². The van der Waals surface area contributed by atoms with E-state index in [2.05, 4.69) is 36.8 Å². The highest BCUT2D eigenvalue weighted by Crippen LogP contribution is 2.55. The van der Waals surface area contributed by atoms with Gasteiger partial charge < -0.3 is 0 Å². The Balaban J connectivity index is 2.57. The molecule has 0 aliphatic rings. The van der Waals surface area contributed by atoms with Gasteiger partial charge in [0.15, 0.2) is 0 Å². The van der Waals surface area contributed by atoms with Gasteiger partial charge >= 0.3 is 17.4 Å². The number of thioether (sulfide) groups is 1. The van der Waals surface area contributed by atoms with Crippen molar-refractivity contribution in [1.82, 2.24) is 4.98 Å². The summed E-state index contributed by atoms with van der Waals surface area (Å²) in [5.41, 5.74) is 0.113. The summed E-state index contributed by atoms with van der Waals surface area (Å²) in [5.74, 6) is -6.21. The van der Waals surface area contributed by atoms with Gasteiger partial charge in [0, 0.05) is 25.6 Å². The summed E-state index contributed by atoms with van der Waals surface area (Å²) in [6.45, 7) is 0. The van der Waals surface area contributed by atoms with E-state index in [9.17, 15) is 30.7 Å². The molecule has 11 heteroatoms. The Bertz CT molecular complexity index is 766. The SMILES string of the molecule is FC(F)(F)C(F)(F)C(F)(F)Sc1cc(Br)cc(Br)c1-c1ccccn1. The van der Waals surface area contributed by atoms with Crippen molar-refractivity contribution in [2.24, 2.45) is 0 Å². The number of rotatable bonds is 4. The number of pyridine rings is 1. The zero-order valence-corrected chi connectivity index (χ0v) is 15.7. The average Bonchev–Trinajstić information content (AvgIpc) is 2.45. The minimum absolute atomic E-state index is 0.0218. The Morgan fingerprint density at radius 1 is 0.920 bits per heavy atom. The third kappa shape index (κ3) is 4.13. The highest BCUT2D eigenvalue weighted by atomic mass is 79.9. The first-order valence-corrected chi connectivity index (χ1v) is 8.69. The minimum atomic E-state index is -6.39. The van der Waals surface area contributed by atoms with Crippen molar-refractivity contribution in [3.63, 3.8) is 0 Å². The standard InChI is InChI=1S/C14H6Br2F7NS/c15-7-5-8(16)11(9-3-1-2-4-24-9)10(6-7)25-14(22,23)12(17,18)13(19,20)21/h1-6H. The van der Waals surface area contributed by atoms with Crippen LogP contribution in [-0.2, 0) is 0 Å². The van der Waals surface area contributed by atoms with Crippen LogP contribution in [0.25, 0.3) is 11.3 Å². The largest absolute Gasteiger partial charge is 0.460 e. The molecule has 2 aromatic rings. The zero-order chi connectivity index (χ0) is 19.0. The molecule has 0 spiro atoms. The molecule has 0 amide bonds. The topological polar surface area (TPSA) is 12.9 Å². The van der Waals surface area contributed by atoms with Crippen molar-refractivity contribution < 1.29 is 30.7 Å². The highest BCUT2D eigenvalue weighted by molar-refractivity contribution is 9.11. The van der Waals surface area contributed by atoms with Crippen LogP contribution in [0.2, 0.25) is 0 Å². The predicted octanol–water partition coefficient (Wildman–Crippen LogP) is 7.16. The van der Waals surface area contributed by atoms with Gasteiger partial charge in [-0.05, 0) is 36.0 Å². The van der Waals surface area contributed by atoms with Gasteiger partial charge in [-0.2, -0.15) is 30.7 Å². The second-order valence-electron chi connectivity index (χ2n) is 4.67. The third-order valence-corrected chi connectivity index (χ3v) is 5.04. The number of hydrogen-bond acceptors (Lipinski definition) is 2. The minimum Gasteiger partial charge on any atom is -0.256 e. The fourth-order valence-corrected chi connectivity index (χ4v) is 4.49. The van der Waals surface area contributed by atoms with Gasteiger partial charge in [0.1, 0.15) is 0 Å². The van der Waals surface area contributed by atoms with Gasteiger partial charge in [0.2, 0.25) is 0 Å². The van der Waals surface area contributed by atoms with Crippen LogP contribution < -0.4 is 0 Å². The van der Waals surface area contributed by atoms with E-state index in [0.29, 0.717) is 0 Å². The van der Waals surface area contributed by atoms with Crippen LogP contribution in [0.1, 0.15) is 0 Å². The van der Waals surface area contributed by atoms with Gasteiger partial charge in [-0.25, -0.2) is 0 Å². The second kappa shape index (κ2) is 7.07. The van der Waals surface area contributed by atoms with Crippen molar-refractivity contribution in [2.75, 3.05) is 0 Å². The molecule has 1 heterocycles. The van der Waals surface area contributed by atoms with Crippen LogP contribution in [0, 0.1) is 0 Å². The molecular weight excluding hydrogens is 507 g/mol. The van der Waals surface area contributed by atoms with Crippen molar-refractivity contribution in [3.8, 4) is 11.3 Å². The van der Waals surface area contributed by atoms with Gasteiger partial charge in [-0.1, -0.05) is 37.9 Å². The lowest BCUT2D eigenvalue weighted by Gasteiger charge is -2.28. The quantitative estimate of drug-likeness (QED) is 0.318. The lowest BCUT2D eigenvalue weighted by Crippen LogP contribution is -2.49. The molecule has 0 aliphatic carbocycles. The molecule has 1 aromatic carbocycles. The van der Waals surface area contributed by atoms with Crippen molar-refractivity contribution >= 4 is 43.6 Å². The second-order valence-corrected chi connectivity index (χ2v) is 7.59. The fourth-order valence-electron chi connectivity index (χ4n) is 1.76. The van der Waals surface area contributed by atoms with E-state index in [0.717, 1.165) is 6.07 Å². The van der Waals surface area contributed by atoms with Gasteiger partial charge in [0.05, 0.1) is 5.69 Å². The molecule has 2 rings (SSSR count). The molecule has 0 saturated carbocycles. The molecule has 136 valence electrons. The maximum Gasteiger partial charge on any atom is 0.460 e. The van der Waals surface area contributed by atoms with Crippen molar-refractivity contribution in [1.29, 1.82) is 0 Å². The summed E-state index contributed by atoms with van der Waals surface area (Å²) in [6.07, 6.45) is -5.06. The highest BCUT2D eigenvalue weighted by Gasteiger charge is 2.73. The maximum atomic E-state index is 13.8. The van der Waals surface area contributed by atoms with Gasteiger partial charge in [-0.15, -0.1) is 0 Å². The van der Waals surface area contributed by atoms with E-state index >= 15 is 0 Å². The van der Waals surface area contributed by atoms with E-state index in [4.69, 9.17) is 0 Å². The van der Waals surface area contributed by atoms with Crippen LogP contribution in [-0.4, -0.2) is 22.3 Å². The smallest absolute Gasteiger partial charge is 0.256 e. The lowest BCUT2D eigenvalue weighted by atomic mass is 10.1. The third-order valence-electron chi connectivity index (χ3n) is 2.90. The lowest BCUT2D eigenvalue weighted by molar-refractivity contribution is -0.330. The predicted molar refractivity (Wildman–Crippen MR) is 86.9 cm³/mol. The Kier molecular flexibility index (Phi) is 5.80. The van der Waals surface area contributed by atoms with Crippen LogP contribution in [0.3, 0.4) is 0 Å². The maximum absolute atomic E-state index is 13.8. The molecule has 0 N–H and O–H groups in total. The molecule has 0 saturated heterocycles. The summed E-state index contributed by atoms with van der Waals surface area (Å²) >= 11 is 5.22. The van der Waals surface area contributed by atoms with Crippen LogP contribution >= 0.6 is 43.6 Å². The Labute approximate surface area is 158 Å². The molecule has 25 heavy (non-hydrogen) atoms. The number of nitrogens with zero attached hydrogens (tertiary/aromatic N) is 1. The molecular formula is C14H6Br2F7NS. The summed E-state index contributed by atoms with van der Waals surface area (Å²) in [4.78, 5) is 3.44. The summed E-state index contributed by atoms with van der Waals surface area (Å²) < 4.78 is 91.4. The van der Waals surface area contributed by atoms with E-state index in [1.165, 1.54) is 30.5 Å². The van der Waals surface area contributed by atoms with Gasteiger partial charge in [-0.3, -0.25) is 4.98 Å². The monoisotopic (exact) mass is 511 g/mol.